The highest BCUT2D eigenvalue weighted by molar-refractivity contribution is 9.11. The van der Waals surface area contributed by atoms with E-state index in [0.29, 0.717) is 5.56 Å². The molecule has 1 aliphatic rings. The van der Waals surface area contributed by atoms with Crippen LogP contribution in [0.1, 0.15) is 28.5 Å². The summed E-state index contributed by atoms with van der Waals surface area (Å²) < 4.78 is 66.4. The van der Waals surface area contributed by atoms with Crippen LogP contribution in [0.15, 0.2) is 38.5 Å². The first kappa shape index (κ1) is 20.3. The van der Waals surface area contributed by atoms with Gasteiger partial charge in [-0.3, -0.25) is 4.79 Å². The molecular formula is C15H12Br2F3N3O3S. The molecule has 0 bridgehead atoms. The van der Waals surface area contributed by atoms with Crippen LogP contribution in [0.25, 0.3) is 0 Å². The number of sulfonamides is 1. The van der Waals surface area contributed by atoms with Gasteiger partial charge in [-0.05, 0) is 56.8 Å². The predicted molar refractivity (Wildman–Crippen MR) is 96.7 cm³/mol. The number of benzene rings is 1. The number of hydrogen-bond acceptors (Lipinski definition) is 4. The number of halogens is 5. The standard InChI is InChI=1S/C15H12Br2F3N3O3S/c1-7-4-2-3-5-10(7)27(25,26)22-13(24)11-12(16)23(14(17)21-11)9-6-8(9)15(18,19)20/h2-5,8-9H,6H2,1H3,(H,22,24)/t8-,9-/m0/s1. The number of aromatic nitrogens is 2. The van der Waals surface area contributed by atoms with E-state index in [2.05, 4.69) is 36.8 Å². The highest BCUT2D eigenvalue weighted by Gasteiger charge is 2.57. The molecule has 1 fully saturated rings. The third kappa shape index (κ3) is 3.92. The Labute approximate surface area is 169 Å². The van der Waals surface area contributed by atoms with Crippen molar-refractivity contribution in [3.63, 3.8) is 0 Å². The number of carbonyl (C=O) groups is 1. The largest absolute Gasteiger partial charge is 0.393 e. The van der Waals surface area contributed by atoms with E-state index in [1.807, 2.05) is 4.72 Å². The van der Waals surface area contributed by atoms with Crippen molar-refractivity contribution in [2.75, 3.05) is 0 Å². The first-order valence-corrected chi connectivity index (χ1v) is 10.6. The van der Waals surface area contributed by atoms with Crippen LogP contribution in [-0.2, 0) is 10.0 Å². The Morgan fingerprint density at radius 1 is 1.30 bits per heavy atom. The lowest BCUT2D eigenvalue weighted by molar-refractivity contribution is -0.150. The summed E-state index contributed by atoms with van der Waals surface area (Å²) >= 11 is 6.10. The number of alkyl halides is 3. The van der Waals surface area contributed by atoms with Gasteiger partial charge in [-0.25, -0.2) is 18.1 Å². The van der Waals surface area contributed by atoms with E-state index >= 15 is 0 Å². The normalized spacial score (nSPS) is 19.8. The van der Waals surface area contributed by atoms with Crippen LogP contribution in [0.3, 0.4) is 0 Å². The van der Waals surface area contributed by atoms with E-state index in [1.54, 1.807) is 19.1 Å². The molecule has 3 rings (SSSR count). The number of imidazole rings is 1. The number of rotatable bonds is 4. The molecule has 0 radical (unpaired) electrons. The van der Waals surface area contributed by atoms with Crippen molar-refractivity contribution in [1.82, 2.24) is 14.3 Å². The maximum atomic E-state index is 12.8. The minimum atomic E-state index is -4.36. The molecule has 1 heterocycles. The van der Waals surface area contributed by atoms with E-state index in [9.17, 15) is 26.4 Å². The Balaban J connectivity index is 1.87. The van der Waals surface area contributed by atoms with Gasteiger partial charge in [0, 0.05) is 6.04 Å². The van der Waals surface area contributed by atoms with Gasteiger partial charge in [0.2, 0.25) is 0 Å². The van der Waals surface area contributed by atoms with E-state index in [-0.39, 0.29) is 26.3 Å². The second-order valence-electron chi connectivity index (χ2n) is 6.04. The minimum Gasteiger partial charge on any atom is -0.309 e. The van der Waals surface area contributed by atoms with Crippen LogP contribution in [-0.4, -0.2) is 30.1 Å². The molecule has 2 aromatic rings. The molecule has 0 saturated heterocycles. The Morgan fingerprint density at radius 2 is 1.93 bits per heavy atom. The lowest BCUT2D eigenvalue weighted by Crippen LogP contribution is -2.31. The van der Waals surface area contributed by atoms with E-state index in [0.717, 1.165) is 0 Å². The van der Waals surface area contributed by atoms with Gasteiger partial charge in [-0.2, -0.15) is 13.2 Å². The average Bonchev–Trinajstić information content (AvgIpc) is 3.27. The maximum absolute atomic E-state index is 12.8. The van der Waals surface area contributed by atoms with E-state index in [4.69, 9.17) is 0 Å². The molecule has 6 nitrogen and oxygen atoms in total. The van der Waals surface area contributed by atoms with Crippen LogP contribution in [0, 0.1) is 12.8 Å². The van der Waals surface area contributed by atoms with Crippen molar-refractivity contribution < 1.29 is 26.4 Å². The number of nitrogens with zero attached hydrogens (tertiary/aromatic N) is 2. The molecule has 0 unspecified atom stereocenters. The molecule has 2 atom stereocenters. The second-order valence-corrected chi connectivity index (χ2v) is 9.15. The Morgan fingerprint density at radius 3 is 2.48 bits per heavy atom. The zero-order valence-corrected chi connectivity index (χ0v) is 17.6. The van der Waals surface area contributed by atoms with Crippen LogP contribution in [0.4, 0.5) is 13.2 Å². The van der Waals surface area contributed by atoms with Crippen LogP contribution in [0.2, 0.25) is 0 Å². The van der Waals surface area contributed by atoms with Gasteiger partial charge in [0.1, 0.15) is 4.60 Å². The van der Waals surface area contributed by atoms with Crippen molar-refractivity contribution >= 4 is 47.8 Å². The molecule has 1 saturated carbocycles. The lowest BCUT2D eigenvalue weighted by Gasteiger charge is -2.09. The first-order valence-electron chi connectivity index (χ1n) is 7.56. The Hall–Kier alpha value is -1.40. The van der Waals surface area contributed by atoms with Gasteiger partial charge >= 0.3 is 6.18 Å². The van der Waals surface area contributed by atoms with Gasteiger partial charge < -0.3 is 4.57 Å². The van der Waals surface area contributed by atoms with Gasteiger partial charge in [0.25, 0.3) is 15.9 Å². The number of carbonyl (C=O) groups excluding carboxylic acids is 1. The summed E-state index contributed by atoms with van der Waals surface area (Å²) in [4.78, 5) is 16.2. The van der Waals surface area contributed by atoms with Gasteiger partial charge in [0.05, 0.1) is 10.8 Å². The van der Waals surface area contributed by atoms with Gasteiger partial charge in [-0.1, -0.05) is 18.2 Å². The summed E-state index contributed by atoms with van der Waals surface area (Å²) in [6, 6.07) is 5.17. The Kier molecular flexibility index (Phi) is 5.19. The molecule has 1 aromatic heterocycles. The number of nitrogens with one attached hydrogen (secondary N) is 1. The molecule has 1 N–H and O–H groups in total. The highest BCUT2D eigenvalue weighted by atomic mass is 79.9. The average molecular weight is 531 g/mol. The van der Waals surface area contributed by atoms with Crippen molar-refractivity contribution in [2.45, 2.75) is 30.5 Å². The van der Waals surface area contributed by atoms with E-state index in [1.165, 1.54) is 16.7 Å². The molecular weight excluding hydrogens is 519 g/mol. The van der Waals surface area contributed by atoms with Crippen LogP contribution in [0.5, 0.6) is 0 Å². The van der Waals surface area contributed by atoms with Crippen LogP contribution < -0.4 is 4.72 Å². The number of amides is 1. The first-order chi connectivity index (χ1) is 12.4. The van der Waals surface area contributed by atoms with Crippen molar-refractivity contribution in [2.24, 2.45) is 5.92 Å². The zero-order valence-electron chi connectivity index (χ0n) is 13.6. The number of hydrogen-bond donors (Lipinski definition) is 1. The quantitative estimate of drug-likeness (QED) is 0.649. The molecule has 12 heteroatoms. The summed E-state index contributed by atoms with van der Waals surface area (Å²) in [6.07, 6.45) is -4.50. The predicted octanol–water partition coefficient (Wildman–Crippen LogP) is 3.96. The fourth-order valence-electron chi connectivity index (χ4n) is 2.72. The smallest absolute Gasteiger partial charge is 0.309 e. The summed E-state index contributed by atoms with van der Waals surface area (Å²) in [5.74, 6) is -2.58. The van der Waals surface area contributed by atoms with Crippen molar-refractivity contribution in [1.29, 1.82) is 0 Å². The molecule has 146 valence electrons. The van der Waals surface area contributed by atoms with Crippen LogP contribution >= 0.6 is 31.9 Å². The summed E-state index contributed by atoms with van der Waals surface area (Å²) in [7, 11) is -4.16. The molecule has 0 spiro atoms. The Bertz CT molecular complexity index is 1020. The summed E-state index contributed by atoms with van der Waals surface area (Å²) in [5.41, 5.74) is 0.112. The highest BCUT2D eigenvalue weighted by Crippen LogP contribution is 2.55. The monoisotopic (exact) mass is 529 g/mol. The molecule has 1 amide bonds. The minimum absolute atomic E-state index is 0.00423. The third-order valence-electron chi connectivity index (χ3n) is 4.14. The lowest BCUT2D eigenvalue weighted by atomic mass is 10.2. The van der Waals surface area contributed by atoms with E-state index < -0.39 is 34.1 Å². The molecule has 27 heavy (non-hydrogen) atoms. The fraction of sp³-hybridized carbons (Fsp3) is 0.333. The zero-order chi connectivity index (χ0) is 20.1. The van der Waals surface area contributed by atoms with Crippen molar-refractivity contribution in [3.8, 4) is 0 Å². The third-order valence-corrected chi connectivity index (χ3v) is 6.95. The molecule has 1 aliphatic carbocycles. The summed E-state index contributed by atoms with van der Waals surface area (Å²) in [5, 5.41) is 0. The van der Waals surface area contributed by atoms with Crippen molar-refractivity contribution in [3.05, 3.63) is 44.9 Å². The topological polar surface area (TPSA) is 81.1 Å². The fourth-order valence-corrected chi connectivity index (χ4v) is 5.47. The number of aryl methyl sites for hydroxylation is 1. The maximum Gasteiger partial charge on any atom is 0.393 e. The second kappa shape index (κ2) is 6.89. The SMILES string of the molecule is Cc1ccccc1S(=O)(=O)NC(=O)c1nc(Br)n([C@H]2C[C@@H]2C(F)(F)F)c1Br. The molecule has 1 aromatic carbocycles. The van der Waals surface area contributed by atoms with Gasteiger partial charge in [-0.15, -0.1) is 0 Å². The summed E-state index contributed by atoms with van der Waals surface area (Å²) in [6.45, 7) is 1.57. The molecule has 0 aliphatic heterocycles. The van der Waals surface area contributed by atoms with Gasteiger partial charge in [0.15, 0.2) is 10.4 Å².